The minimum Gasteiger partial charge on any atom is -0.329 e. The molecule has 0 saturated carbocycles. The molecular formula is C12H17FN2O. The summed E-state index contributed by atoms with van der Waals surface area (Å²) in [6.07, 6.45) is 0. The van der Waals surface area contributed by atoms with Crippen LogP contribution < -0.4 is 11.1 Å². The molecule has 0 aliphatic heterocycles. The zero-order valence-corrected chi connectivity index (χ0v) is 9.80. The number of rotatable bonds is 3. The molecule has 0 radical (unpaired) electrons. The van der Waals surface area contributed by atoms with Crippen molar-refractivity contribution in [1.82, 2.24) is 0 Å². The summed E-state index contributed by atoms with van der Waals surface area (Å²) >= 11 is 0. The van der Waals surface area contributed by atoms with Crippen molar-refractivity contribution in [2.75, 3.05) is 11.9 Å². The number of hydrogen-bond donors (Lipinski definition) is 2. The van der Waals surface area contributed by atoms with E-state index in [4.69, 9.17) is 5.73 Å². The summed E-state index contributed by atoms with van der Waals surface area (Å²) in [7, 11) is 0. The van der Waals surface area contributed by atoms with Gasteiger partial charge in [0.15, 0.2) is 0 Å². The highest BCUT2D eigenvalue weighted by Crippen LogP contribution is 2.18. The van der Waals surface area contributed by atoms with Gasteiger partial charge in [-0.25, -0.2) is 4.39 Å². The second-order valence-electron chi connectivity index (χ2n) is 4.56. The number of carbonyl (C=O) groups excluding carboxylic acids is 1. The van der Waals surface area contributed by atoms with E-state index in [9.17, 15) is 9.18 Å². The molecule has 0 aromatic heterocycles. The molecule has 0 spiro atoms. The highest BCUT2D eigenvalue weighted by atomic mass is 19.1. The summed E-state index contributed by atoms with van der Waals surface area (Å²) in [5.41, 5.74) is 6.06. The van der Waals surface area contributed by atoms with E-state index >= 15 is 0 Å². The van der Waals surface area contributed by atoms with Gasteiger partial charge < -0.3 is 11.1 Å². The van der Waals surface area contributed by atoms with Gasteiger partial charge in [-0.1, -0.05) is 0 Å². The summed E-state index contributed by atoms with van der Waals surface area (Å²) in [4.78, 5) is 11.8. The molecule has 0 heterocycles. The van der Waals surface area contributed by atoms with Gasteiger partial charge in [0.2, 0.25) is 5.91 Å². The first-order valence-electron chi connectivity index (χ1n) is 5.14. The molecule has 88 valence electrons. The molecule has 0 bridgehead atoms. The molecule has 4 heteroatoms. The van der Waals surface area contributed by atoms with E-state index in [0.29, 0.717) is 5.69 Å². The number of nitrogens with two attached hydrogens (primary N) is 1. The molecule has 0 aliphatic rings. The summed E-state index contributed by atoms with van der Waals surface area (Å²) in [6.45, 7) is 5.50. The van der Waals surface area contributed by atoms with Gasteiger partial charge in [-0.15, -0.1) is 0 Å². The molecule has 0 unspecified atom stereocenters. The fourth-order valence-electron chi connectivity index (χ4n) is 1.20. The van der Waals surface area contributed by atoms with Crippen molar-refractivity contribution in [2.24, 2.45) is 11.1 Å². The average Bonchev–Trinajstić information content (AvgIpc) is 2.15. The lowest BCUT2D eigenvalue weighted by atomic mass is 9.92. The summed E-state index contributed by atoms with van der Waals surface area (Å²) in [6, 6.07) is 4.41. The topological polar surface area (TPSA) is 55.1 Å². The normalized spacial score (nSPS) is 11.3. The molecule has 3 nitrogen and oxygen atoms in total. The number of anilines is 1. The zero-order chi connectivity index (χ0) is 12.3. The first-order valence-corrected chi connectivity index (χ1v) is 5.14. The molecule has 0 aliphatic carbocycles. The Morgan fingerprint density at radius 2 is 2.06 bits per heavy atom. The smallest absolute Gasteiger partial charge is 0.231 e. The van der Waals surface area contributed by atoms with Crippen LogP contribution in [0.2, 0.25) is 0 Å². The fraction of sp³-hybridized carbons (Fsp3) is 0.417. The van der Waals surface area contributed by atoms with Gasteiger partial charge in [0, 0.05) is 12.2 Å². The monoisotopic (exact) mass is 224 g/mol. The van der Waals surface area contributed by atoms with E-state index in [-0.39, 0.29) is 18.3 Å². The number of carbonyl (C=O) groups is 1. The van der Waals surface area contributed by atoms with Gasteiger partial charge in [0.25, 0.3) is 0 Å². The van der Waals surface area contributed by atoms with E-state index in [2.05, 4.69) is 5.32 Å². The van der Waals surface area contributed by atoms with Gasteiger partial charge in [-0.3, -0.25) is 4.79 Å². The average molecular weight is 224 g/mol. The zero-order valence-electron chi connectivity index (χ0n) is 9.80. The van der Waals surface area contributed by atoms with Crippen LogP contribution in [0.25, 0.3) is 0 Å². The van der Waals surface area contributed by atoms with Crippen LogP contribution in [0.1, 0.15) is 19.4 Å². The van der Waals surface area contributed by atoms with Gasteiger partial charge >= 0.3 is 0 Å². The number of hydrogen-bond acceptors (Lipinski definition) is 2. The van der Waals surface area contributed by atoms with Crippen molar-refractivity contribution in [2.45, 2.75) is 20.8 Å². The Labute approximate surface area is 94.8 Å². The minimum atomic E-state index is -0.653. The molecule has 0 saturated heterocycles. The summed E-state index contributed by atoms with van der Waals surface area (Å²) in [5, 5.41) is 2.66. The Morgan fingerprint density at radius 3 is 2.56 bits per heavy atom. The third-order valence-electron chi connectivity index (χ3n) is 2.42. The van der Waals surface area contributed by atoms with Crippen molar-refractivity contribution in [1.29, 1.82) is 0 Å². The lowest BCUT2D eigenvalue weighted by Crippen LogP contribution is -2.37. The van der Waals surface area contributed by atoms with Gasteiger partial charge in [-0.05, 0) is 44.5 Å². The van der Waals surface area contributed by atoms with Crippen LogP contribution >= 0.6 is 0 Å². The lowest BCUT2D eigenvalue weighted by Gasteiger charge is -2.21. The lowest BCUT2D eigenvalue weighted by molar-refractivity contribution is -0.123. The van der Waals surface area contributed by atoms with Crippen molar-refractivity contribution < 1.29 is 9.18 Å². The third-order valence-corrected chi connectivity index (χ3v) is 2.42. The minimum absolute atomic E-state index is 0.208. The largest absolute Gasteiger partial charge is 0.329 e. The Hall–Kier alpha value is -1.42. The number of benzene rings is 1. The standard InChI is InChI=1S/C12H17FN2O/c1-8-4-9(13)6-10(5-8)15-11(16)12(2,3)7-14/h4-6H,7,14H2,1-3H3,(H,15,16). The van der Waals surface area contributed by atoms with Crippen molar-refractivity contribution in [3.63, 3.8) is 0 Å². The van der Waals surface area contributed by atoms with Crippen LogP contribution in [-0.2, 0) is 4.79 Å². The Kier molecular flexibility index (Phi) is 3.65. The van der Waals surface area contributed by atoms with Crippen LogP contribution in [0.3, 0.4) is 0 Å². The highest BCUT2D eigenvalue weighted by molar-refractivity contribution is 5.95. The van der Waals surface area contributed by atoms with Crippen molar-refractivity contribution in [3.05, 3.63) is 29.6 Å². The SMILES string of the molecule is Cc1cc(F)cc(NC(=O)C(C)(C)CN)c1. The second-order valence-corrected chi connectivity index (χ2v) is 4.56. The molecule has 3 N–H and O–H groups in total. The van der Waals surface area contributed by atoms with Crippen LogP contribution in [0.4, 0.5) is 10.1 Å². The predicted octanol–water partition coefficient (Wildman–Crippen LogP) is 2.06. The number of halogens is 1. The molecule has 1 amide bonds. The summed E-state index contributed by atoms with van der Waals surface area (Å²) < 4.78 is 13.1. The third kappa shape index (κ3) is 3.03. The first-order chi connectivity index (χ1) is 7.35. The fourth-order valence-corrected chi connectivity index (χ4v) is 1.20. The molecular weight excluding hydrogens is 207 g/mol. The van der Waals surface area contributed by atoms with E-state index < -0.39 is 5.41 Å². The molecule has 0 atom stereocenters. The van der Waals surface area contributed by atoms with Gasteiger partial charge in [0.1, 0.15) is 5.82 Å². The highest BCUT2D eigenvalue weighted by Gasteiger charge is 2.25. The Balaban J connectivity index is 2.85. The van der Waals surface area contributed by atoms with E-state index in [1.165, 1.54) is 12.1 Å². The molecule has 0 fully saturated rings. The second kappa shape index (κ2) is 4.61. The van der Waals surface area contributed by atoms with Gasteiger partial charge in [-0.2, -0.15) is 0 Å². The van der Waals surface area contributed by atoms with Crippen LogP contribution in [0.15, 0.2) is 18.2 Å². The Bertz CT molecular complexity index is 382. The maximum atomic E-state index is 13.1. The van der Waals surface area contributed by atoms with Gasteiger partial charge in [0.05, 0.1) is 5.41 Å². The molecule has 1 rings (SSSR count). The molecule has 16 heavy (non-hydrogen) atoms. The van der Waals surface area contributed by atoms with Crippen molar-refractivity contribution in [3.8, 4) is 0 Å². The first kappa shape index (κ1) is 12.6. The van der Waals surface area contributed by atoms with Crippen LogP contribution in [0.5, 0.6) is 0 Å². The van der Waals surface area contributed by atoms with E-state index in [1.54, 1.807) is 26.8 Å². The maximum Gasteiger partial charge on any atom is 0.231 e. The summed E-state index contributed by atoms with van der Waals surface area (Å²) in [5.74, 6) is -0.569. The van der Waals surface area contributed by atoms with Crippen LogP contribution in [-0.4, -0.2) is 12.5 Å². The van der Waals surface area contributed by atoms with Crippen LogP contribution in [0, 0.1) is 18.2 Å². The van der Waals surface area contributed by atoms with E-state index in [0.717, 1.165) is 5.56 Å². The maximum absolute atomic E-state index is 13.1. The number of amides is 1. The molecule has 1 aromatic carbocycles. The number of nitrogens with one attached hydrogen (secondary N) is 1. The Morgan fingerprint density at radius 1 is 1.44 bits per heavy atom. The van der Waals surface area contributed by atoms with E-state index in [1.807, 2.05) is 0 Å². The van der Waals surface area contributed by atoms with Crippen molar-refractivity contribution >= 4 is 11.6 Å². The number of aryl methyl sites for hydroxylation is 1. The quantitative estimate of drug-likeness (QED) is 0.825. The molecule has 1 aromatic rings. The predicted molar refractivity (Wildman–Crippen MR) is 62.6 cm³/mol.